The number of piperidine rings is 1. The summed E-state index contributed by atoms with van der Waals surface area (Å²) in [6.45, 7) is 13.4. The summed E-state index contributed by atoms with van der Waals surface area (Å²) >= 11 is 6.40. The number of halogens is 1. The summed E-state index contributed by atoms with van der Waals surface area (Å²) in [5, 5.41) is 10.3. The van der Waals surface area contributed by atoms with Crippen molar-refractivity contribution in [2.45, 2.75) is 52.7 Å². The van der Waals surface area contributed by atoms with Gasteiger partial charge < -0.3 is 19.7 Å². The van der Waals surface area contributed by atoms with Crippen LogP contribution in [0.25, 0.3) is 0 Å². The summed E-state index contributed by atoms with van der Waals surface area (Å²) < 4.78 is 12.1. The van der Waals surface area contributed by atoms with Gasteiger partial charge in [-0.25, -0.2) is 9.78 Å². The average molecular weight is 676 g/mol. The molecular weight excluding hydrogens is 630 g/mol. The van der Waals surface area contributed by atoms with Crippen LogP contribution >= 0.6 is 11.6 Å². The molecule has 2 aromatic rings. The zero-order valence-corrected chi connectivity index (χ0v) is 28.4. The van der Waals surface area contributed by atoms with E-state index in [1.807, 2.05) is 6.92 Å². The van der Waals surface area contributed by atoms with Crippen molar-refractivity contribution in [1.82, 2.24) is 39.6 Å². The minimum absolute atomic E-state index is 0.0245. The van der Waals surface area contributed by atoms with E-state index in [-0.39, 0.29) is 41.5 Å². The number of rotatable bonds is 12. The smallest absolute Gasteiger partial charge is 0.410 e. The number of hydrogen-bond acceptors (Lipinski definition) is 11. The van der Waals surface area contributed by atoms with Crippen LogP contribution in [0.5, 0.6) is 0 Å². The van der Waals surface area contributed by atoms with Gasteiger partial charge in [0, 0.05) is 45.5 Å². The number of hydrogen-bond donors (Lipinski definition) is 1. The van der Waals surface area contributed by atoms with Crippen molar-refractivity contribution >= 4 is 41.2 Å². The van der Waals surface area contributed by atoms with Crippen LogP contribution in [0.2, 0.25) is 5.15 Å². The monoisotopic (exact) mass is 675 g/mol. The molecule has 0 radical (unpaired) electrons. The zero-order chi connectivity index (χ0) is 34.0. The third kappa shape index (κ3) is 11.4. The second-order valence-electron chi connectivity index (χ2n) is 12.8. The molecular formula is C31H46ClN9O6. The van der Waals surface area contributed by atoms with E-state index in [0.29, 0.717) is 38.7 Å². The van der Waals surface area contributed by atoms with Crippen molar-refractivity contribution < 1.29 is 28.7 Å². The van der Waals surface area contributed by atoms with Gasteiger partial charge in [0.05, 0.1) is 31.6 Å². The first kappa shape index (κ1) is 36.0. The van der Waals surface area contributed by atoms with Crippen LogP contribution in [0.1, 0.15) is 51.0 Å². The van der Waals surface area contributed by atoms with Gasteiger partial charge in [0.15, 0.2) is 5.15 Å². The molecule has 0 bridgehead atoms. The highest BCUT2D eigenvalue weighted by Crippen LogP contribution is 2.22. The standard InChI is InChI=1S/C31H46ClN9O6/c1-5-46-27(43)22-37-11-8-23(9-12-37)20-38-14-16-39(17-15-38)29(44)25-7-6-24(28(32)35-25)34-26(42)21-40(30(45)47-31(2,3)4)18-19-41-13-10-33-36-41/h6-7,10,13,23H,5,8-9,11-12,14-22H2,1-4H3,(H,34,42). The number of aromatic nitrogens is 4. The Morgan fingerprint density at radius 2 is 1.77 bits per heavy atom. The Morgan fingerprint density at radius 3 is 2.38 bits per heavy atom. The lowest BCUT2D eigenvalue weighted by Crippen LogP contribution is -2.50. The largest absolute Gasteiger partial charge is 0.465 e. The number of piperazine rings is 1. The Bertz CT molecular complexity index is 1350. The van der Waals surface area contributed by atoms with E-state index in [0.717, 1.165) is 45.6 Å². The predicted octanol–water partition coefficient (Wildman–Crippen LogP) is 2.24. The fourth-order valence-electron chi connectivity index (χ4n) is 5.52. The summed E-state index contributed by atoms with van der Waals surface area (Å²) in [5.74, 6) is -0.331. The Kier molecular flexibility index (Phi) is 12.9. The fourth-order valence-corrected chi connectivity index (χ4v) is 5.72. The van der Waals surface area contributed by atoms with Gasteiger partial charge in [-0.3, -0.25) is 33.8 Å². The number of ether oxygens (including phenoxy) is 2. The van der Waals surface area contributed by atoms with Crippen molar-refractivity contribution in [3.63, 3.8) is 0 Å². The van der Waals surface area contributed by atoms with Crippen molar-refractivity contribution in [3.8, 4) is 0 Å². The topological polar surface area (TPSA) is 155 Å². The summed E-state index contributed by atoms with van der Waals surface area (Å²) in [7, 11) is 0. The molecule has 15 nitrogen and oxygen atoms in total. The van der Waals surface area contributed by atoms with Crippen molar-refractivity contribution in [1.29, 1.82) is 0 Å². The van der Waals surface area contributed by atoms with E-state index in [1.165, 1.54) is 23.2 Å². The number of nitrogens with zero attached hydrogens (tertiary/aromatic N) is 8. The van der Waals surface area contributed by atoms with Gasteiger partial charge in [-0.1, -0.05) is 16.8 Å². The second-order valence-corrected chi connectivity index (χ2v) is 13.1. The maximum absolute atomic E-state index is 13.2. The summed E-state index contributed by atoms with van der Waals surface area (Å²) in [4.78, 5) is 62.6. The minimum atomic E-state index is -0.743. The lowest BCUT2D eigenvalue weighted by molar-refractivity contribution is -0.144. The van der Waals surface area contributed by atoms with Crippen molar-refractivity contribution in [3.05, 3.63) is 35.4 Å². The van der Waals surface area contributed by atoms with E-state index in [9.17, 15) is 19.2 Å². The van der Waals surface area contributed by atoms with E-state index in [2.05, 4.69) is 30.4 Å². The van der Waals surface area contributed by atoms with Gasteiger partial charge in [0.1, 0.15) is 17.8 Å². The number of nitrogens with one attached hydrogen (secondary N) is 1. The van der Waals surface area contributed by atoms with Crippen molar-refractivity contribution in [2.24, 2.45) is 5.92 Å². The van der Waals surface area contributed by atoms with Crippen LogP contribution in [-0.2, 0) is 25.6 Å². The van der Waals surface area contributed by atoms with Crippen LogP contribution in [0.15, 0.2) is 24.5 Å². The molecule has 0 saturated carbocycles. The Balaban J connectivity index is 1.24. The molecule has 0 aliphatic carbocycles. The summed E-state index contributed by atoms with van der Waals surface area (Å²) in [5.41, 5.74) is -0.322. The number of carbonyl (C=O) groups excluding carboxylic acids is 4. The van der Waals surface area contributed by atoms with Gasteiger partial charge in [-0.05, 0) is 71.7 Å². The number of amides is 3. The van der Waals surface area contributed by atoms with E-state index < -0.39 is 17.6 Å². The third-order valence-electron chi connectivity index (χ3n) is 7.94. The number of anilines is 1. The molecule has 4 rings (SSSR count). The highest BCUT2D eigenvalue weighted by molar-refractivity contribution is 6.32. The van der Waals surface area contributed by atoms with E-state index >= 15 is 0 Å². The van der Waals surface area contributed by atoms with Gasteiger partial charge in [0.25, 0.3) is 5.91 Å². The van der Waals surface area contributed by atoms with Crippen LogP contribution in [0.4, 0.5) is 10.5 Å². The molecule has 2 aliphatic rings. The Labute approximate surface area is 280 Å². The molecule has 0 aromatic carbocycles. The van der Waals surface area contributed by atoms with Crippen LogP contribution in [-0.4, -0.2) is 141 Å². The Hall–Kier alpha value is -3.82. The molecule has 1 N–H and O–H groups in total. The molecule has 0 unspecified atom stereocenters. The number of carbonyl (C=O) groups is 4. The molecule has 3 amide bonds. The van der Waals surface area contributed by atoms with Gasteiger partial charge in [-0.15, -0.1) is 5.10 Å². The highest BCUT2D eigenvalue weighted by atomic mass is 35.5. The van der Waals surface area contributed by atoms with Gasteiger partial charge >= 0.3 is 12.1 Å². The SMILES string of the molecule is CCOC(=O)CN1CCC(CN2CCN(C(=O)c3ccc(NC(=O)CN(CCn4ccnn4)C(=O)OC(C)(C)C)c(Cl)n3)CC2)CC1. The summed E-state index contributed by atoms with van der Waals surface area (Å²) in [6.07, 6.45) is 4.61. The molecule has 2 saturated heterocycles. The zero-order valence-electron chi connectivity index (χ0n) is 27.7. The molecule has 2 fully saturated rings. The average Bonchev–Trinajstić information content (AvgIpc) is 3.54. The summed E-state index contributed by atoms with van der Waals surface area (Å²) in [6, 6.07) is 3.08. The van der Waals surface area contributed by atoms with E-state index in [4.69, 9.17) is 21.1 Å². The lowest BCUT2D eigenvalue weighted by atomic mass is 9.96. The maximum atomic E-state index is 13.2. The van der Waals surface area contributed by atoms with Crippen molar-refractivity contribution in [2.75, 3.05) is 77.4 Å². The maximum Gasteiger partial charge on any atom is 0.410 e. The van der Waals surface area contributed by atoms with Crippen LogP contribution < -0.4 is 5.32 Å². The fraction of sp³-hybridized carbons (Fsp3) is 0.645. The third-order valence-corrected chi connectivity index (χ3v) is 8.23. The second kappa shape index (κ2) is 16.8. The number of likely N-dealkylation sites (tertiary alicyclic amines) is 1. The number of pyridine rings is 1. The molecule has 16 heteroatoms. The molecule has 0 spiro atoms. The molecule has 47 heavy (non-hydrogen) atoms. The van der Waals surface area contributed by atoms with Gasteiger partial charge in [-0.2, -0.15) is 0 Å². The lowest BCUT2D eigenvalue weighted by Gasteiger charge is -2.38. The predicted molar refractivity (Wildman–Crippen MR) is 174 cm³/mol. The molecule has 0 atom stereocenters. The molecule has 258 valence electrons. The highest BCUT2D eigenvalue weighted by Gasteiger charge is 2.28. The first-order valence-corrected chi connectivity index (χ1v) is 16.5. The first-order valence-electron chi connectivity index (χ1n) is 16.1. The quantitative estimate of drug-likeness (QED) is 0.260. The van der Waals surface area contributed by atoms with E-state index in [1.54, 1.807) is 36.5 Å². The molecule has 4 heterocycles. The van der Waals surface area contributed by atoms with Gasteiger partial charge in [0.2, 0.25) is 5.91 Å². The molecule has 2 aliphatic heterocycles. The minimum Gasteiger partial charge on any atom is -0.465 e. The first-order chi connectivity index (χ1) is 22.4. The van der Waals surface area contributed by atoms with Crippen LogP contribution in [0.3, 0.4) is 0 Å². The molecule has 2 aromatic heterocycles. The normalized spacial score (nSPS) is 16.5. The number of esters is 1. The Morgan fingerprint density at radius 1 is 1.04 bits per heavy atom. The van der Waals surface area contributed by atoms with Crippen LogP contribution in [0, 0.1) is 5.92 Å².